The quantitative estimate of drug-likeness (QED) is 0.422. The van der Waals surface area contributed by atoms with Gasteiger partial charge in [0.15, 0.2) is 5.17 Å². The van der Waals surface area contributed by atoms with Crippen LogP contribution in [0.2, 0.25) is 0 Å². The van der Waals surface area contributed by atoms with Crippen molar-refractivity contribution in [2.24, 2.45) is 4.99 Å². The molecule has 3 aliphatic rings. The molecule has 0 saturated carbocycles. The molecule has 1 aromatic carbocycles. The molecule has 0 radical (unpaired) electrons. The van der Waals surface area contributed by atoms with Crippen LogP contribution in [-0.4, -0.2) is 85.3 Å². The van der Waals surface area contributed by atoms with Crippen LogP contribution in [0.4, 0.5) is 0 Å². The van der Waals surface area contributed by atoms with Crippen LogP contribution in [0, 0.1) is 13.8 Å². The summed E-state index contributed by atoms with van der Waals surface area (Å²) >= 11 is 1.50. The second-order valence-electron chi connectivity index (χ2n) is 9.24. The molecule has 4 rings (SSSR count). The van der Waals surface area contributed by atoms with Crippen LogP contribution in [0.3, 0.4) is 0 Å². The van der Waals surface area contributed by atoms with Crippen LogP contribution in [0.1, 0.15) is 36.1 Å². The lowest BCUT2D eigenvalue weighted by atomic mass is 9.90. The van der Waals surface area contributed by atoms with Crippen LogP contribution < -0.4 is 0 Å². The number of fused-ring (bicyclic) bond motifs is 1. The maximum Gasteiger partial charge on any atom is 0.338 e. The number of thioether (sulfide) groups is 1. The highest BCUT2D eigenvalue weighted by atomic mass is 32.2. The summed E-state index contributed by atoms with van der Waals surface area (Å²) < 4.78 is 10.6. The Morgan fingerprint density at radius 3 is 2.54 bits per heavy atom. The number of carbonyl (C=O) groups excluding carboxylic acids is 2. The number of amides is 1. The molecule has 35 heavy (non-hydrogen) atoms. The summed E-state index contributed by atoms with van der Waals surface area (Å²) in [4.78, 5) is 37.5. The molecule has 1 aromatic rings. The molecule has 1 amide bonds. The maximum atomic E-state index is 13.3. The Morgan fingerprint density at radius 1 is 1.11 bits per heavy atom. The number of rotatable bonds is 7. The van der Waals surface area contributed by atoms with E-state index in [0.29, 0.717) is 17.9 Å². The fraction of sp³-hybridized carbons (Fsp3) is 0.500. The molecule has 188 valence electrons. The van der Waals surface area contributed by atoms with Gasteiger partial charge in [-0.05, 0) is 44.4 Å². The van der Waals surface area contributed by atoms with Crippen molar-refractivity contribution in [2.75, 3.05) is 53.6 Å². The second kappa shape index (κ2) is 11.0. The molecule has 0 bridgehead atoms. The van der Waals surface area contributed by atoms with Gasteiger partial charge in [0.1, 0.15) is 6.61 Å². The summed E-state index contributed by atoms with van der Waals surface area (Å²) in [5, 5.41) is 2.78. The standard InChI is InChI=1S/C26H34N4O4S/c1-17-6-7-21(18(2)14-17)24-23(25(32)34-13-12-33-5)19(3)27-26-30(24)20(16-35-26)15-22(31)29-10-8-28(4)9-11-29/h6-7,14,16,24H,8-13,15H2,1-5H3. The Balaban J connectivity index is 1.67. The highest BCUT2D eigenvalue weighted by Gasteiger charge is 2.42. The van der Waals surface area contributed by atoms with E-state index in [1.165, 1.54) is 11.8 Å². The summed E-state index contributed by atoms with van der Waals surface area (Å²) in [6.07, 6.45) is 0.266. The van der Waals surface area contributed by atoms with Crippen LogP contribution in [0.15, 0.2) is 45.6 Å². The van der Waals surface area contributed by atoms with Crippen molar-refractivity contribution < 1.29 is 19.1 Å². The number of esters is 1. The minimum Gasteiger partial charge on any atom is -0.460 e. The van der Waals surface area contributed by atoms with Crippen molar-refractivity contribution in [3.8, 4) is 0 Å². The molecule has 1 unspecified atom stereocenters. The third-order valence-corrected chi connectivity index (χ3v) is 7.54. The maximum absolute atomic E-state index is 13.3. The van der Waals surface area contributed by atoms with Gasteiger partial charge in [0.05, 0.1) is 30.3 Å². The van der Waals surface area contributed by atoms with Crippen molar-refractivity contribution in [3.63, 3.8) is 0 Å². The monoisotopic (exact) mass is 498 g/mol. The first-order valence-electron chi connectivity index (χ1n) is 11.9. The number of nitrogens with zero attached hydrogens (tertiary/aromatic N) is 4. The third-order valence-electron chi connectivity index (χ3n) is 6.65. The molecule has 1 atom stereocenters. The highest BCUT2D eigenvalue weighted by molar-refractivity contribution is 8.16. The zero-order valence-corrected chi connectivity index (χ0v) is 22.0. The van der Waals surface area contributed by atoms with Gasteiger partial charge in [-0.25, -0.2) is 9.79 Å². The first-order valence-corrected chi connectivity index (χ1v) is 12.8. The number of piperazine rings is 1. The summed E-state index contributed by atoms with van der Waals surface area (Å²) in [5.41, 5.74) is 5.22. The molecule has 0 aromatic heterocycles. The molecule has 3 aliphatic heterocycles. The van der Waals surface area contributed by atoms with E-state index < -0.39 is 12.0 Å². The second-order valence-corrected chi connectivity index (χ2v) is 10.1. The normalized spacial score (nSPS) is 20.5. The van der Waals surface area contributed by atoms with Crippen LogP contribution in [0.5, 0.6) is 0 Å². The fourth-order valence-electron chi connectivity index (χ4n) is 4.68. The Kier molecular flexibility index (Phi) is 7.98. The Hall–Kier alpha value is -2.62. The minimum atomic E-state index is -0.417. The van der Waals surface area contributed by atoms with Gasteiger partial charge in [0, 0.05) is 39.0 Å². The molecule has 3 heterocycles. The van der Waals surface area contributed by atoms with E-state index >= 15 is 0 Å². The topological polar surface area (TPSA) is 74.7 Å². The Bertz CT molecular complexity index is 1090. The minimum absolute atomic E-state index is 0.0982. The summed E-state index contributed by atoms with van der Waals surface area (Å²) in [6.45, 7) is 9.66. The predicted molar refractivity (Wildman–Crippen MR) is 138 cm³/mol. The lowest BCUT2D eigenvalue weighted by Crippen LogP contribution is -2.47. The number of carbonyl (C=O) groups is 2. The number of aliphatic imine (C=N–C) groups is 1. The Labute approximate surface area is 211 Å². The summed E-state index contributed by atoms with van der Waals surface area (Å²) in [7, 11) is 3.65. The number of aryl methyl sites for hydroxylation is 2. The molecule has 1 saturated heterocycles. The van der Waals surface area contributed by atoms with E-state index in [0.717, 1.165) is 53.7 Å². The molecular weight excluding hydrogens is 464 g/mol. The highest BCUT2D eigenvalue weighted by Crippen LogP contribution is 2.45. The number of benzene rings is 1. The largest absolute Gasteiger partial charge is 0.460 e. The number of likely N-dealkylation sites (N-methyl/N-ethyl adjacent to an activating group) is 1. The van der Waals surface area contributed by atoms with Gasteiger partial charge in [-0.1, -0.05) is 35.5 Å². The summed E-state index contributed by atoms with van der Waals surface area (Å²) in [5.74, 6) is -0.310. The molecule has 0 aliphatic carbocycles. The van der Waals surface area contributed by atoms with E-state index in [1.54, 1.807) is 7.11 Å². The number of hydrogen-bond acceptors (Lipinski definition) is 8. The predicted octanol–water partition coefficient (Wildman–Crippen LogP) is 3.23. The number of allylic oxidation sites excluding steroid dienone is 1. The fourth-order valence-corrected chi connectivity index (χ4v) is 5.64. The molecule has 0 spiro atoms. The average Bonchev–Trinajstić information content (AvgIpc) is 3.20. The van der Waals surface area contributed by atoms with E-state index in [1.807, 2.05) is 17.2 Å². The van der Waals surface area contributed by atoms with E-state index in [9.17, 15) is 9.59 Å². The molecule has 0 N–H and O–H groups in total. The summed E-state index contributed by atoms with van der Waals surface area (Å²) in [6, 6.07) is 5.82. The van der Waals surface area contributed by atoms with E-state index in [4.69, 9.17) is 14.5 Å². The van der Waals surface area contributed by atoms with Crippen LogP contribution in [0.25, 0.3) is 0 Å². The van der Waals surface area contributed by atoms with E-state index in [-0.39, 0.29) is 18.9 Å². The van der Waals surface area contributed by atoms with Gasteiger partial charge in [-0.15, -0.1) is 0 Å². The molecule has 8 nitrogen and oxygen atoms in total. The van der Waals surface area contributed by atoms with Crippen molar-refractivity contribution in [1.82, 2.24) is 14.7 Å². The van der Waals surface area contributed by atoms with E-state index in [2.05, 4.69) is 48.9 Å². The molecule has 9 heteroatoms. The number of methoxy groups -OCH3 is 1. The van der Waals surface area contributed by atoms with Gasteiger partial charge in [0.2, 0.25) is 5.91 Å². The first-order chi connectivity index (χ1) is 16.8. The lowest BCUT2D eigenvalue weighted by Gasteiger charge is -2.38. The van der Waals surface area contributed by atoms with Crippen molar-refractivity contribution >= 4 is 28.8 Å². The van der Waals surface area contributed by atoms with Gasteiger partial charge in [-0.2, -0.15) is 0 Å². The van der Waals surface area contributed by atoms with Gasteiger partial charge >= 0.3 is 5.97 Å². The van der Waals surface area contributed by atoms with Gasteiger partial charge < -0.3 is 24.2 Å². The Morgan fingerprint density at radius 2 is 1.86 bits per heavy atom. The molecule has 1 fully saturated rings. The zero-order chi connectivity index (χ0) is 25.1. The van der Waals surface area contributed by atoms with Gasteiger partial charge in [0.25, 0.3) is 0 Å². The first kappa shape index (κ1) is 25.5. The number of hydrogen-bond donors (Lipinski definition) is 0. The van der Waals surface area contributed by atoms with Crippen LogP contribution in [-0.2, 0) is 19.1 Å². The average molecular weight is 499 g/mol. The van der Waals surface area contributed by atoms with Crippen LogP contribution >= 0.6 is 11.8 Å². The SMILES string of the molecule is COCCOC(=O)C1=C(C)N=C2SC=C(CC(=O)N3CCN(C)CC3)N2C1c1ccc(C)cc1C. The van der Waals surface area contributed by atoms with Crippen molar-refractivity contribution in [3.05, 3.63) is 57.3 Å². The third kappa shape index (κ3) is 5.47. The number of ether oxygens (including phenoxy) is 2. The van der Waals surface area contributed by atoms with Crippen molar-refractivity contribution in [2.45, 2.75) is 33.2 Å². The van der Waals surface area contributed by atoms with Crippen molar-refractivity contribution in [1.29, 1.82) is 0 Å². The smallest absolute Gasteiger partial charge is 0.338 e. The number of amidine groups is 1. The van der Waals surface area contributed by atoms with Gasteiger partial charge in [-0.3, -0.25) is 4.79 Å². The lowest BCUT2D eigenvalue weighted by molar-refractivity contribution is -0.141. The zero-order valence-electron chi connectivity index (χ0n) is 21.2. The molecular formula is C26H34N4O4S.